The number of ether oxygens (including phenoxy) is 2. The van der Waals surface area contributed by atoms with Gasteiger partial charge in [0.1, 0.15) is 18.8 Å². The summed E-state index contributed by atoms with van der Waals surface area (Å²) in [6.07, 6.45) is 0. The summed E-state index contributed by atoms with van der Waals surface area (Å²) in [6.45, 7) is 3.24. The van der Waals surface area contributed by atoms with Crippen molar-refractivity contribution in [3.63, 3.8) is 0 Å². The number of rotatable bonds is 5. The molecule has 1 aliphatic rings. The van der Waals surface area contributed by atoms with E-state index in [2.05, 4.69) is 5.32 Å². The minimum absolute atomic E-state index is 0.0800. The molecule has 1 aromatic carbocycles. The molecule has 0 spiro atoms. The number of carbonyl (C=O) groups is 1. The first-order valence-electron chi connectivity index (χ1n) is 6.63. The summed E-state index contributed by atoms with van der Waals surface area (Å²) in [4.78, 5) is 23.4. The van der Waals surface area contributed by atoms with Crippen LogP contribution in [0.25, 0.3) is 0 Å². The van der Waals surface area contributed by atoms with Crippen LogP contribution in [0.2, 0.25) is 0 Å². The summed E-state index contributed by atoms with van der Waals surface area (Å²) < 4.78 is 10.3. The monoisotopic (exact) mass is 296 g/mol. The number of nitrogens with zero attached hydrogens (tertiary/aromatic N) is 1. The average Bonchev–Trinajstić information content (AvgIpc) is 2.48. The Hall–Kier alpha value is -2.19. The fourth-order valence-corrected chi connectivity index (χ4v) is 2.16. The first-order chi connectivity index (χ1) is 10.1. The molecule has 0 aliphatic carbocycles. The zero-order chi connectivity index (χ0) is 15.2. The van der Waals surface area contributed by atoms with Gasteiger partial charge >= 0.3 is 0 Å². The Labute approximate surface area is 121 Å². The average molecular weight is 296 g/mol. The predicted molar refractivity (Wildman–Crippen MR) is 74.7 cm³/mol. The molecule has 1 aromatic rings. The van der Waals surface area contributed by atoms with E-state index in [1.54, 1.807) is 0 Å². The van der Waals surface area contributed by atoms with E-state index >= 15 is 0 Å². The Morgan fingerprint density at radius 3 is 2.81 bits per heavy atom. The highest BCUT2D eigenvalue weighted by molar-refractivity contribution is 5.93. The van der Waals surface area contributed by atoms with Crippen molar-refractivity contribution < 1.29 is 24.1 Å². The van der Waals surface area contributed by atoms with Crippen molar-refractivity contribution in [2.24, 2.45) is 0 Å². The van der Waals surface area contributed by atoms with Gasteiger partial charge in [0.15, 0.2) is 6.54 Å². The molecule has 1 fully saturated rings. The molecule has 2 N–H and O–H groups in total. The van der Waals surface area contributed by atoms with Crippen molar-refractivity contribution in [2.75, 3.05) is 45.3 Å². The van der Waals surface area contributed by atoms with Gasteiger partial charge in [-0.25, -0.2) is 0 Å². The predicted octanol–water partition coefficient (Wildman–Crippen LogP) is -0.543. The highest BCUT2D eigenvalue weighted by atomic mass is 16.6. The van der Waals surface area contributed by atoms with E-state index in [4.69, 9.17) is 9.47 Å². The van der Waals surface area contributed by atoms with Gasteiger partial charge in [-0.15, -0.1) is 0 Å². The molecule has 0 aromatic heterocycles. The summed E-state index contributed by atoms with van der Waals surface area (Å²) in [7, 11) is 1.40. The SMILES string of the molecule is COc1cc([N+](=O)[O-])ccc1NC(=O)C[NH+]1CCOCC1. The minimum Gasteiger partial charge on any atom is -0.494 e. The third kappa shape index (κ3) is 4.14. The van der Waals surface area contributed by atoms with Crippen LogP contribution in [0, 0.1) is 10.1 Å². The number of anilines is 1. The van der Waals surface area contributed by atoms with E-state index in [-0.39, 0.29) is 17.3 Å². The van der Waals surface area contributed by atoms with Gasteiger partial charge in [0.25, 0.3) is 11.6 Å². The van der Waals surface area contributed by atoms with Crippen LogP contribution in [0.4, 0.5) is 11.4 Å². The Bertz CT molecular complexity index is 529. The fraction of sp³-hybridized carbons (Fsp3) is 0.462. The first kappa shape index (κ1) is 15.2. The second-order valence-corrected chi connectivity index (χ2v) is 4.73. The Morgan fingerprint density at radius 1 is 1.48 bits per heavy atom. The van der Waals surface area contributed by atoms with Crippen LogP contribution in [-0.2, 0) is 9.53 Å². The third-order valence-electron chi connectivity index (χ3n) is 3.28. The summed E-state index contributed by atoms with van der Waals surface area (Å²) in [6, 6.07) is 4.10. The van der Waals surface area contributed by atoms with Gasteiger partial charge in [-0.3, -0.25) is 14.9 Å². The number of carbonyl (C=O) groups excluding carboxylic acids is 1. The number of methoxy groups -OCH3 is 1. The third-order valence-corrected chi connectivity index (χ3v) is 3.28. The molecule has 1 saturated heterocycles. The lowest BCUT2D eigenvalue weighted by Crippen LogP contribution is -3.15. The van der Waals surface area contributed by atoms with Crippen LogP contribution < -0.4 is 15.0 Å². The summed E-state index contributed by atoms with van der Waals surface area (Å²) in [5.74, 6) is 0.119. The molecular weight excluding hydrogens is 278 g/mol. The van der Waals surface area contributed by atoms with Gasteiger partial charge in [-0.1, -0.05) is 0 Å². The number of benzene rings is 1. The molecule has 8 heteroatoms. The quantitative estimate of drug-likeness (QED) is 0.562. The van der Waals surface area contributed by atoms with Crippen LogP contribution in [0.15, 0.2) is 18.2 Å². The summed E-state index contributed by atoms with van der Waals surface area (Å²) in [5.41, 5.74) is 0.351. The number of amides is 1. The molecule has 1 heterocycles. The maximum Gasteiger partial charge on any atom is 0.279 e. The van der Waals surface area contributed by atoms with E-state index in [1.807, 2.05) is 0 Å². The van der Waals surface area contributed by atoms with Crippen LogP contribution in [0.3, 0.4) is 0 Å². The molecule has 114 valence electrons. The topological polar surface area (TPSA) is 95.1 Å². The molecule has 8 nitrogen and oxygen atoms in total. The standard InChI is InChI=1S/C13H17N3O5/c1-20-12-8-10(16(18)19)2-3-11(12)14-13(17)9-15-4-6-21-7-5-15/h2-3,8H,4-7,9H2,1H3,(H,14,17)/p+1. The largest absolute Gasteiger partial charge is 0.494 e. The zero-order valence-corrected chi connectivity index (χ0v) is 11.8. The van der Waals surface area contributed by atoms with Gasteiger partial charge in [0.05, 0.1) is 37.0 Å². The van der Waals surface area contributed by atoms with E-state index in [0.29, 0.717) is 25.4 Å². The minimum atomic E-state index is -0.508. The number of quaternary nitrogens is 1. The van der Waals surface area contributed by atoms with Crippen LogP contribution in [0.5, 0.6) is 5.75 Å². The van der Waals surface area contributed by atoms with Gasteiger partial charge in [0.2, 0.25) is 0 Å². The van der Waals surface area contributed by atoms with Crippen molar-refractivity contribution in [2.45, 2.75) is 0 Å². The number of nitro benzene ring substituents is 1. The Morgan fingerprint density at radius 2 is 2.19 bits per heavy atom. The second-order valence-electron chi connectivity index (χ2n) is 4.73. The summed E-state index contributed by atoms with van der Waals surface area (Å²) >= 11 is 0. The van der Waals surface area contributed by atoms with Crippen molar-refractivity contribution in [3.05, 3.63) is 28.3 Å². The van der Waals surface area contributed by atoms with Crippen molar-refractivity contribution >= 4 is 17.3 Å². The fourth-order valence-electron chi connectivity index (χ4n) is 2.16. The van der Waals surface area contributed by atoms with Gasteiger partial charge in [-0.05, 0) is 6.07 Å². The van der Waals surface area contributed by atoms with E-state index < -0.39 is 4.92 Å². The lowest BCUT2D eigenvalue weighted by Gasteiger charge is -2.23. The molecule has 0 unspecified atom stereocenters. The van der Waals surface area contributed by atoms with Crippen molar-refractivity contribution in [1.29, 1.82) is 0 Å². The summed E-state index contributed by atoms with van der Waals surface area (Å²) in [5, 5.41) is 13.4. The molecule has 0 bridgehead atoms. The van der Waals surface area contributed by atoms with E-state index in [9.17, 15) is 14.9 Å². The number of non-ortho nitro benzene ring substituents is 1. The maximum atomic E-state index is 12.0. The molecular formula is C13H18N3O5+. The van der Waals surface area contributed by atoms with Crippen LogP contribution in [0.1, 0.15) is 0 Å². The Kier molecular flexibility index (Phi) is 5.07. The zero-order valence-electron chi connectivity index (χ0n) is 11.8. The molecule has 0 radical (unpaired) electrons. The molecule has 2 rings (SSSR count). The molecule has 1 aliphatic heterocycles. The number of morpholine rings is 1. The normalized spacial score (nSPS) is 15.5. The lowest BCUT2D eigenvalue weighted by molar-refractivity contribution is -0.899. The smallest absolute Gasteiger partial charge is 0.279 e. The van der Waals surface area contributed by atoms with E-state index in [1.165, 1.54) is 25.3 Å². The number of nitro groups is 1. The number of nitrogens with one attached hydrogen (secondary N) is 2. The first-order valence-corrected chi connectivity index (χ1v) is 6.63. The number of hydrogen-bond donors (Lipinski definition) is 2. The van der Waals surface area contributed by atoms with Gasteiger partial charge < -0.3 is 19.7 Å². The molecule has 0 saturated carbocycles. The van der Waals surface area contributed by atoms with Gasteiger partial charge in [-0.2, -0.15) is 0 Å². The van der Waals surface area contributed by atoms with Crippen LogP contribution >= 0.6 is 0 Å². The molecule has 1 amide bonds. The maximum absolute atomic E-state index is 12.0. The van der Waals surface area contributed by atoms with E-state index in [0.717, 1.165) is 18.0 Å². The lowest BCUT2D eigenvalue weighted by atomic mass is 10.2. The van der Waals surface area contributed by atoms with Crippen molar-refractivity contribution in [1.82, 2.24) is 0 Å². The van der Waals surface area contributed by atoms with Gasteiger partial charge in [0, 0.05) is 6.07 Å². The van der Waals surface area contributed by atoms with Crippen LogP contribution in [-0.4, -0.2) is 50.8 Å². The number of hydrogen-bond acceptors (Lipinski definition) is 5. The second kappa shape index (κ2) is 7.00. The van der Waals surface area contributed by atoms with Crippen molar-refractivity contribution in [3.8, 4) is 5.75 Å². The highest BCUT2D eigenvalue weighted by Crippen LogP contribution is 2.28. The molecule has 0 atom stereocenters. The highest BCUT2D eigenvalue weighted by Gasteiger charge is 2.19. The Balaban J connectivity index is 2.00. The molecule has 21 heavy (non-hydrogen) atoms.